The summed E-state index contributed by atoms with van der Waals surface area (Å²) in [6.45, 7) is 2.65. The molecule has 2 heterocycles. The normalized spacial score (nSPS) is 19.5. The van der Waals surface area contributed by atoms with E-state index in [1.807, 2.05) is 36.3 Å². The summed E-state index contributed by atoms with van der Waals surface area (Å²) in [5.41, 5.74) is 2.18. The zero-order valence-electron chi connectivity index (χ0n) is 7.90. The lowest BCUT2D eigenvalue weighted by atomic mass is 10.0. The van der Waals surface area contributed by atoms with E-state index in [4.69, 9.17) is 5.11 Å². The van der Waals surface area contributed by atoms with E-state index < -0.39 is 5.97 Å². The number of aliphatic carboxylic acids is 1. The molecular weight excluding hydrogens is 178 g/mol. The van der Waals surface area contributed by atoms with Crippen molar-refractivity contribution < 1.29 is 9.90 Å². The summed E-state index contributed by atoms with van der Waals surface area (Å²) < 4.78 is 0. The zero-order valence-corrected chi connectivity index (χ0v) is 7.90. The minimum atomic E-state index is -0.867. The highest BCUT2D eigenvalue weighted by Gasteiger charge is 2.20. The first kappa shape index (κ1) is 8.81. The molecule has 0 amide bonds. The van der Waals surface area contributed by atoms with Crippen molar-refractivity contribution in [2.75, 3.05) is 6.54 Å². The SMILES string of the molecule is CC1=C(C(=O)O)C=CN2CC=CC=C12. The molecule has 3 heteroatoms. The van der Waals surface area contributed by atoms with Crippen LogP contribution in [0.4, 0.5) is 0 Å². The Morgan fingerprint density at radius 2 is 2.36 bits per heavy atom. The van der Waals surface area contributed by atoms with Gasteiger partial charge in [-0.15, -0.1) is 0 Å². The average molecular weight is 189 g/mol. The molecule has 2 aliphatic rings. The standard InChI is InChI=1S/C11H11NO2/c1-8-9(11(13)14)5-7-12-6-3-2-4-10(8)12/h2-5,7H,6H2,1H3,(H,13,14). The molecule has 0 spiro atoms. The maximum atomic E-state index is 10.9. The Bertz CT molecular complexity index is 400. The van der Waals surface area contributed by atoms with Crippen LogP contribution in [0.1, 0.15) is 6.92 Å². The first-order chi connectivity index (χ1) is 6.70. The summed E-state index contributed by atoms with van der Waals surface area (Å²) >= 11 is 0. The molecule has 2 rings (SSSR count). The predicted molar refractivity (Wildman–Crippen MR) is 53.4 cm³/mol. The van der Waals surface area contributed by atoms with Gasteiger partial charge >= 0.3 is 5.97 Å². The average Bonchev–Trinajstić information content (AvgIpc) is 2.18. The third-order valence-electron chi connectivity index (χ3n) is 2.44. The highest BCUT2D eigenvalue weighted by Crippen LogP contribution is 2.26. The smallest absolute Gasteiger partial charge is 0.336 e. The lowest BCUT2D eigenvalue weighted by Crippen LogP contribution is -2.24. The topological polar surface area (TPSA) is 40.5 Å². The summed E-state index contributed by atoms with van der Waals surface area (Å²) in [7, 11) is 0. The van der Waals surface area contributed by atoms with Crippen LogP contribution in [-0.2, 0) is 4.79 Å². The van der Waals surface area contributed by atoms with Crippen LogP contribution in [0.15, 0.2) is 47.3 Å². The van der Waals surface area contributed by atoms with Gasteiger partial charge in [0.25, 0.3) is 0 Å². The van der Waals surface area contributed by atoms with E-state index in [0.29, 0.717) is 5.57 Å². The number of nitrogens with zero attached hydrogens (tertiary/aromatic N) is 1. The monoisotopic (exact) mass is 189 g/mol. The van der Waals surface area contributed by atoms with Crippen LogP contribution in [0.25, 0.3) is 0 Å². The molecule has 0 aromatic carbocycles. The molecule has 0 bridgehead atoms. The van der Waals surface area contributed by atoms with E-state index in [1.54, 1.807) is 6.08 Å². The van der Waals surface area contributed by atoms with E-state index in [2.05, 4.69) is 0 Å². The Labute approximate surface area is 82.3 Å². The largest absolute Gasteiger partial charge is 0.478 e. The minimum absolute atomic E-state index is 0.378. The number of carboxylic acid groups (broad SMARTS) is 1. The number of hydrogen-bond acceptors (Lipinski definition) is 2. The number of allylic oxidation sites excluding steroid dienone is 3. The van der Waals surface area contributed by atoms with Crippen molar-refractivity contribution in [1.82, 2.24) is 4.90 Å². The van der Waals surface area contributed by atoms with Crippen LogP contribution in [0, 0.1) is 0 Å². The first-order valence-corrected chi connectivity index (χ1v) is 4.46. The molecule has 0 unspecified atom stereocenters. The van der Waals surface area contributed by atoms with Crippen molar-refractivity contribution >= 4 is 5.97 Å². The highest BCUT2D eigenvalue weighted by molar-refractivity contribution is 5.92. The lowest BCUT2D eigenvalue weighted by Gasteiger charge is -2.28. The third-order valence-corrected chi connectivity index (χ3v) is 2.44. The first-order valence-electron chi connectivity index (χ1n) is 4.46. The fourth-order valence-corrected chi connectivity index (χ4v) is 1.67. The number of carbonyl (C=O) groups is 1. The molecule has 14 heavy (non-hydrogen) atoms. The van der Waals surface area contributed by atoms with Crippen LogP contribution in [-0.4, -0.2) is 22.5 Å². The zero-order chi connectivity index (χ0) is 10.1. The van der Waals surface area contributed by atoms with Crippen LogP contribution in [0.2, 0.25) is 0 Å². The van der Waals surface area contributed by atoms with Gasteiger partial charge in [0, 0.05) is 18.4 Å². The molecule has 0 saturated carbocycles. The number of fused-ring (bicyclic) bond motifs is 1. The quantitative estimate of drug-likeness (QED) is 0.682. The molecule has 0 atom stereocenters. The van der Waals surface area contributed by atoms with Gasteiger partial charge in [-0.05, 0) is 24.6 Å². The van der Waals surface area contributed by atoms with Crippen molar-refractivity contribution in [3.63, 3.8) is 0 Å². The van der Waals surface area contributed by atoms with Gasteiger partial charge in [-0.25, -0.2) is 4.79 Å². The van der Waals surface area contributed by atoms with Crippen LogP contribution in [0.5, 0.6) is 0 Å². The fraction of sp³-hybridized carbons (Fsp3) is 0.182. The van der Waals surface area contributed by atoms with E-state index in [0.717, 1.165) is 17.8 Å². The van der Waals surface area contributed by atoms with Crippen molar-refractivity contribution in [1.29, 1.82) is 0 Å². The Kier molecular flexibility index (Phi) is 2.00. The summed E-state index contributed by atoms with van der Waals surface area (Å²) in [6.07, 6.45) is 9.38. The third kappa shape index (κ3) is 1.27. The van der Waals surface area contributed by atoms with Gasteiger partial charge < -0.3 is 10.0 Å². The Hall–Kier alpha value is -1.77. The maximum Gasteiger partial charge on any atom is 0.336 e. The highest BCUT2D eigenvalue weighted by atomic mass is 16.4. The summed E-state index contributed by atoms with van der Waals surface area (Å²) in [5, 5.41) is 8.93. The number of hydrogen-bond donors (Lipinski definition) is 1. The molecule has 0 fully saturated rings. The molecule has 1 N–H and O–H groups in total. The molecule has 3 nitrogen and oxygen atoms in total. The van der Waals surface area contributed by atoms with Crippen LogP contribution in [0.3, 0.4) is 0 Å². The van der Waals surface area contributed by atoms with Crippen molar-refractivity contribution in [2.45, 2.75) is 6.92 Å². The molecule has 0 aromatic rings. The molecular formula is C11H11NO2. The second kappa shape index (κ2) is 3.18. The van der Waals surface area contributed by atoms with Gasteiger partial charge in [0.15, 0.2) is 0 Å². The number of rotatable bonds is 1. The van der Waals surface area contributed by atoms with Gasteiger partial charge in [-0.2, -0.15) is 0 Å². The van der Waals surface area contributed by atoms with Crippen molar-refractivity contribution in [3.05, 3.63) is 47.3 Å². The van der Waals surface area contributed by atoms with Crippen molar-refractivity contribution in [2.24, 2.45) is 0 Å². The summed E-state index contributed by atoms with van der Waals surface area (Å²) in [5.74, 6) is -0.867. The summed E-state index contributed by atoms with van der Waals surface area (Å²) in [4.78, 5) is 12.9. The molecule has 0 aromatic heterocycles. The second-order valence-electron chi connectivity index (χ2n) is 3.29. The van der Waals surface area contributed by atoms with E-state index >= 15 is 0 Å². The minimum Gasteiger partial charge on any atom is -0.478 e. The van der Waals surface area contributed by atoms with Crippen LogP contribution >= 0.6 is 0 Å². The van der Waals surface area contributed by atoms with Gasteiger partial charge in [0.2, 0.25) is 0 Å². The van der Waals surface area contributed by atoms with E-state index in [1.165, 1.54) is 0 Å². The molecule has 72 valence electrons. The fourth-order valence-electron chi connectivity index (χ4n) is 1.67. The molecule has 0 radical (unpaired) electrons. The van der Waals surface area contributed by atoms with Gasteiger partial charge in [0.05, 0.1) is 5.57 Å². The predicted octanol–water partition coefficient (Wildman–Crippen LogP) is 1.67. The van der Waals surface area contributed by atoms with E-state index in [-0.39, 0.29) is 0 Å². The Morgan fingerprint density at radius 3 is 3.07 bits per heavy atom. The number of carboxylic acids is 1. The molecule has 2 aliphatic heterocycles. The van der Waals surface area contributed by atoms with Gasteiger partial charge in [-0.1, -0.05) is 12.2 Å². The van der Waals surface area contributed by atoms with Crippen LogP contribution < -0.4 is 0 Å². The maximum absolute atomic E-state index is 10.9. The molecule has 0 aliphatic carbocycles. The van der Waals surface area contributed by atoms with Crippen molar-refractivity contribution in [3.8, 4) is 0 Å². The van der Waals surface area contributed by atoms with E-state index in [9.17, 15) is 4.79 Å². The van der Waals surface area contributed by atoms with Gasteiger partial charge in [0.1, 0.15) is 0 Å². The second-order valence-corrected chi connectivity index (χ2v) is 3.29. The Balaban J connectivity index is 2.47. The lowest BCUT2D eigenvalue weighted by molar-refractivity contribution is -0.132. The van der Waals surface area contributed by atoms with Gasteiger partial charge in [-0.3, -0.25) is 0 Å². The molecule has 0 saturated heterocycles. The Morgan fingerprint density at radius 1 is 1.57 bits per heavy atom. The summed E-state index contributed by atoms with van der Waals surface area (Å²) in [6, 6.07) is 0.